The Morgan fingerprint density at radius 1 is 1.29 bits per heavy atom. The third-order valence-electron chi connectivity index (χ3n) is 2.54. The summed E-state index contributed by atoms with van der Waals surface area (Å²) in [4.78, 5) is 11.8. The summed E-state index contributed by atoms with van der Waals surface area (Å²) in [6, 6.07) is -0.111. The number of hydrogen-bond donors (Lipinski definition) is 3. The molecule has 4 N–H and O–H groups in total. The zero-order valence-electron chi connectivity index (χ0n) is 11.8. The molecule has 1 atom stereocenters. The first-order chi connectivity index (χ1) is 7.56. The van der Waals surface area contributed by atoms with Crippen molar-refractivity contribution in [1.29, 1.82) is 0 Å². The fraction of sp³-hybridized carbons (Fsp3) is 0.923. The predicted molar refractivity (Wildman–Crippen MR) is 70.6 cm³/mol. The van der Waals surface area contributed by atoms with Crippen LogP contribution in [0.5, 0.6) is 0 Å². The van der Waals surface area contributed by atoms with E-state index >= 15 is 0 Å². The first kappa shape index (κ1) is 16.4. The minimum atomic E-state index is -0.368. The zero-order chi connectivity index (χ0) is 13.7. The molecular formula is C13H28N2O2. The normalized spacial score (nSPS) is 14.5. The largest absolute Gasteiger partial charge is 0.396 e. The summed E-state index contributed by atoms with van der Waals surface area (Å²) in [5, 5.41) is 11.8. The SMILES string of the molecule is CC(C)(C)CC(N)CC(=O)NC(C)(C)CCO. The Labute approximate surface area is 105 Å². The fourth-order valence-electron chi connectivity index (χ4n) is 1.87. The molecule has 1 unspecified atom stereocenters. The van der Waals surface area contributed by atoms with Gasteiger partial charge in [0.1, 0.15) is 0 Å². The van der Waals surface area contributed by atoms with E-state index in [0.717, 1.165) is 6.42 Å². The van der Waals surface area contributed by atoms with Gasteiger partial charge in [0.15, 0.2) is 0 Å². The van der Waals surface area contributed by atoms with E-state index < -0.39 is 0 Å². The topological polar surface area (TPSA) is 75.4 Å². The second-order valence-electron chi connectivity index (χ2n) is 6.63. The first-order valence-electron chi connectivity index (χ1n) is 6.23. The lowest BCUT2D eigenvalue weighted by atomic mass is 9.87. The number of rotatable bonds is 6. The van der Waals surface area contributed by atoms with Crippen molar-refractivity contribution in [3.8, 4) is 0 Å². The van der Waals surface area contributed by atoms with Crippen molar-refractivity contribution in [2.24, 2.45) is 11.1 Å². The first-order valence-corrected chi connectivity index (χ1v) is 6.23. The molecule has 0 rings (SSSR count). The van der Waals surface area contributed by atoms with E-state index in [9.17, 15) is 4.79 Å². The second kappa shape index (κ2) is 6.36. The van der Waals surface area contributed by atoms with E-state index in [-0.39, 0.29) is 29.5 Å². The van der Waals surface area contributed by atoms with Gasteiger partial charge in [0.25, 0.3) is 0 Å². The molecule has 0 saturated heterocycles. The minimum Gasteiger partial charge on any atom is -0.396 e. The quantitative estimate of drug-likeness (QED) is 0.661. The molecule has 4 nitrogen and oxygen atoms in total. The van der Waals surface area contributed by atoms with Gasteiger partial charge < -0.3 is 16.2 Å². The van der Waals surface area contributed by atoms with Gasteiger partial charge in [-0.15, -0.1) is 0 Å². The lowest BCUT2D eigenvalue weighted by Crippen LogP contribution is -2.46. The van der Waals surface area contributed by atoms with Gasteiger partial charge in [-0.25, -0.2) is 0 Å². The van der Waals surface area contributed by atoms with Crippen LogP contribution < -0.4 is 11.1 Å². The van der Waals surface area contributed by atoms with E-state index in [2.05, 4.69) is 26.1 Å². The molecule has 1 amide bonds. The van der Waals surface area contributed by atoms with Gasteiger partial charge in [0.05, 0.1) is 0 Å². The van der Waals surface area contributed by atoms with Gasteiger partial charge >= 0.3 is 0 Å². The maximum Gasteiger partial charge on any atom is 0.221 e. The average molecular weight is 244 g/mol. The van der Waals surface area contributed by atoms with Crippen molar-refractivity contribution >= 4 is 5.91 Å². The minimum absolute atomic E-state index is 0.0415. The fourth-order valence-corrected chi connectivity index (χ4v) is 1.87. The Morgan fingerprint density at radius 3 is 2.24 bits per heavy atom. The Bertz CT molecular complexity index is 244. The Balaban J connectivity index is 4.10. The summed E-state index contributed by atoms with van der Waals surface area (Å²) in [7, 11) is 0. The molecule has 4 heteroatoms. The number of aliphatic hydroxyl groups is 1. The van der Waals surface area contributed by atoms with Crippen LogP contribution in [-0.2, 0) is 4.79 Å². The number of amides is 1. The third-order valence-corrected chi connectivity index (χ3v) is 2.54. The summed E-state index contributed by atoms with van der Waals surface area (Å²) in [5.74, 6) is -0.0415. The molecule has 0 radical (unpaired) electrons. The molecule has 0 aliphatic carbocycles. The van der Waals surface area contributed by atoms with Gasteiger partial charge in [-0.1, -0.05) is 20.8 Å². The Hall–Kier alpha value is -0.610. The van der Waals surface area contributed by atoms with Crippen LogP contribution in [0.1, 0.15) is 53.9 Å². The molecule has 17 heavy (non-hydrogen) atoms. The summed E-state index contributed by atoms with van der Waals surface area (Å²) < 4.78 is 0. The van der Waals surface area contributed by atoms with E-state index in [4.69, 9.17) is 10.8 Å². The summed E-state index contributed by atoms with van der Waals surface area (Å²) >= 11 is 0. The molecule has 0 heterocycles. The van der Waals surface area contributed by atoms with Crippen molar-refractivity contribution in [1.82, 2.24) is 5.32 Å². The molecule has 0 saturated carbocycles. The van der Waals surface area contributed by atoms with Crippen molar-refractivity contribution in [3.63, 3.8) is 0 Å². The Morgan fingerprint density at radius 2 is 1.82 bits per heavy atom. The summed E-state index contributed by atoms with van der Waals surface area (Å²) in [5.41, 5.74) is 5.71. The second-order valence-corrected chi connectivity index (χ2v) is 6.63. The molecule has 0 aromatic heterocycles. The van der Waals surface area contributed by atoms with Gasteiger partial charge in [0, 0.05) is 24.6 Å². The van der Waals surface area contributed by atoms with Crippen LogP contribution in [0.3, 0.4) is 0 Å². The highest BCUT2D eigenvalue weighted by Gasteiger charge is 2.22. The molecule has 102 valence electrons. The van der Waals surface area contributed by atoms with Crippen molar-refractivity contribution in [3.05, 3.63) is 0 Å². The molecule has 0 aromatic carbocycles. The van der Waals surface area contributed by atoms with Crippen LogP contribution >= 0.6 is 0 Å². The van der Waals surface area contributed by atoms with Gasteiger partial charge in [0.2, 0.25) is 5.91 Å². The lowest BCUT2D eigenvalue weighted by molar-refractivity contribution is -0.123. The maximum absolute atomic E-state index is 11.8. The van der Waals surface area contributed by atoms with Crippen LogP contribution in [0.4, 0.5) is 0 Å². The molecule has 0 fully saturated rings. The molecule has 0 aromatic rings. The standard InChI is InChI=1S/C13H28N2O2/c1-12(2,3)9-10(14)8-11(17)15-13(4,5)6-7-16/h10,16H,6-9,14H2,1-5H3,(H,15,17). The average Bonchev–Trinajstić information content (AvgIpc) is 1.96. The monoisotopic (exact) mass is 244 g/mol. The van der Waals surface area contributed by atoms with Crippen LogP contribution in [0.2, 0.25) is 0 Å². The third kappa shape index (κ3) is 9.12. The smallest absolute Gasteiger partial charge is 0.221 e. The highest BCUT2D eigenvalue weighted by atomic mass is 16.3. The van der Waals surface area contributed by atoms with Crippen LogP contribution in [-0.4, -0.2) is 29.2 Å². The molecule has 0 aliphatic heterocycles. The number of aliphatic hydroxyl groups excluding tert-OH is 1. The summed E-state index contributed by atoms with van der Waals surface area (Å²) in [6.07, 6.45) is 1.71. The van der Waals surface area contributed by atoms with Crippen molar-refractivity contribution in [2.45, 2.75) is 65.5 Å². The van der Waals surface area contributed by atoms with E-state index in [1.54, 1.807) is 0 Å². The number of carbonyl (C=O) groups excluding carboxylic acids is 1. The van der Waals surface area contributed by atoms with Crippen molar-refractivity contribution in [2.75, 3.05) is 6.61 Å². The predicted octanol–water partition coefficient (Wildman–Crippen LogP) is 1.42. The van der Waals surface area contributed by atoms with E-state index in [1.807, 2.05) is 13.8 Å². The maximum atomic E-state index is 11.8. The highest BCUT2D eigenvalue weighted by Crippen LogP contribution is 2.21. The zero-order valence-corrected chi connectivity index (χ0v) is 11.8. The number of nitrogens with one attached hydrogen (secondary N) is 1. The molecular weight excluding hydrogens is 216 g/mol. The number of carbonyl (C=O) groups is 1. The van der Waals surface area contributed by atoms with Crippen molar-refractivity contribution < 1.29 is 9.90 Å². The lowest BCUT2D eigenvalue weighted by Gasteiger charge is -2.27. The van der Waals surface area contributed by atoms with E-state index in [1.165, 1.54) is 0 Å². The molecule has 0 spiro atoms. The summed E-state index contributed by atoms with van der Waals surface area (Å²) in [6.45, 7) is 10.2. The van der Waals surface area contributed by atoms with Gasteiger partial charge in [-0.2, -0.15) is 0 Å². The number of hydrogen-bond acceptors (Lipinski definition) is 3. The molecule has 0 bridgehead atoms. The van der Waals surface area contributed by atoms with E-state index in [0.29, 0.717) is 12.8 Å². The van der Waals surface area contributed by atoms with Gasteiger partial charge in [-0.05, 0) is 32.1 Å². The van der Waals surface area contributed by atoms with Crippen LogP contribution in [0.15, 0.2) is 0 Å². The number of nitrogens with two attached hydrogens (primary N) is 1. The molecule has 0 aliphatic rings. The van der Waals surface area contributed by atoms with Gasteiger partial charge in [-0.3, -0.25) is 4.79 Å². The van der Waals surface area contributed by atoms with Crippen LogP contribution in [0, 0.1) is 5.41 Å². The van der Waals surface area contributed by atoms with Crippen LogP contribution in [0.25, 0.3) is 0 Å². The Kier molecular flexibility index (Phi) is 6.13. The highest BCUT2D eigenvalue weighted by molar-refractivity contribution is 5.77.